The van der Waals surface area contributed by atoms with Crippen LogP contribution in [0.15, 0.2) is 27.8 Å². The second kappa shape index (κ2) is 6.95. The third kappa shape index (κ3) is 3.43. The SMILES string of the molecule is COCC1CCCN(c2ccc(/C(N)=N/O)c(Br)c2)C1. The number of piperidine rings is 1. The number of hydrogen-bond acceptors (Lipinski definition) is 4. The average molecular weight is 342 g/mol. The molecule has 1 aliphatic heterocycles. The number of nitrogens with two attached hydrogens (primary N) is 1. The molecule has 1 saturated heterocycles. The van der Waals surface area contributed by atoms with Crippen LogP contribution in [0.5, 0.6) is 0 Å². The Hall–Kier alpha value is -1.27. The number of anilines is 1. The molecule has 2 rings (SSSR count). The lowest BCUT2D eigenvalue weighted by atomic mass is 9.98. The fourth-order valence-electron chi connectivity index (χ4n) is 2.63. The molecular weight excluding hydrogens is 322 g/mol. The number of rotatable bonds is 4. The van der Waals surface area contributed by atoms with Crippen molar-refractivity contribution < 1.29 is 9.94 Å². The van der Waals surface area contributed by atoms with E-state index >= 15 is 0 Å². The molecule has 0 spiro atoms. The molecule has 0 amide bonds. The molecule has 110 valence electrons. The van der Waals surface area contributed by atoms with Crippen LogP contribution in [-0.2, 0) is 4.74 Å². The lowest BCUT2D eigenvalue weighted by Gasteiger charge is -2.34. The molecule has 5 nitrogen and oxygen atoms in total. The lowest BCUT2D eigenvalue weighted by Crippen LogP contribution is -2.37. The Labute approximate surface area is 127 Å². The molecule has 1 aromatic carbocycles. The number of oxime groups is 1. The van der Waals surface area contributed by atoms with Crippen molar-refractivity contribution in [2.75, 3.05) is 31.7 Å². The highest BCUT2D eigenvalue weighted by Crippen LogP contribution is 2.28. The van der Waals surface area contributed by atoms with Gasteiger partial charge in [-0.2, -0.15) is 0 Å². The third-order valence-electron chi connectivity index (χ3n) is 3.62. The molecule has 3 N–H and O–H groups in total. The van der Waals surface area contributed by atoms with Gasteiger partial charge in [0.1, 0.15) is 0 Å². The first-order chi connectivity index (χ1) is 9.65. The molecule has 0 aliphatic carbocycles. The maximum Gasteiger partial charge on any atom is 0.171 e. The van der Waals surface area contributed by atoms with Gasteiger partial charge in [0.25, 0.3) is 0 Å². The van der Waals surface area contributed by atoms with Gasteiger partial charge in [0.15, 0.2) is 5.84 Å². The fourth-order valence-corrected chi connectivity index (χ4v) is 3.20. The molecule has 6 heteroatoms. The fraction of sp³-hybridized carbons (Fsp3) is 0.500. The van der Waals surface area contributed by atoms with E-state index in [1.54, 1.807) is 7.11 Å². The van der Waals surface area contributed by atoms with Crippen molar-refractivity contribution in [2.45, 2.75) is 12.8 Å². The number of methoxy groups -OCH3 is 1. The van der Waals surface area contributed by atoms with Crippen molar-refractivity contribution >= 4 is 27.5 Å². The highest BCUT2D eigenvalue weighted by molar-refractivity contribution is 9.10. The van der Waals surface area contributed by atoms with Crippen molar-refractivity contribution in [1.82, 2.24) is 0 Å². The third-order valence-corrected chi connectivity index (χ3v) is 4.28. The van der Waals surface area contributed by atoms with Gasteiger partial charge in [-0.15, -0.1) is 0 Å². The normalized spacial score (nSPS) is 20.2. The van der Waals surface area contributed by atoms with Gasteiger partial charge in [-0.1, -0.05) is 5.16 Å². The van der Waals surface area contributed by atoms with E-state index in [0.717, 1.165) is 29.9 Å². The van der Waals surface area contributed by atoms with Crippen LogP contribution < -0.4 is 10.6 Å². The van der Waals surface area contributed by atoms with Gasteiger partial charge in [-0.05, 0) is 52.9 Å². The first kappa shape index (κ1) is 15.1. The molecule has 0 aromatic heterocycles. The zero-order valence-corrected chi connectivity index (χ0v) is 13.1. The number of halogens is 1. The monoisotopic (exact) mass is 341 g/mol. The van der Waals surface area contributed by atoms with Crippen LogP contribution in [0.4, 0.5) is 5.69 Å². The van der Waals surface area contributed by atoms with Crippen molar-refractivity contribution in [2.24, 2.45) is 16.8 Å². The molecule has 0 bridgehead atoms. The molecule has 1 fully saturated rings. The Morgan fingerprint density at radius 1 is 1.60 bits per heavy atom. The zero-order valence-electron chi connectivity index (χ0n) is 11.6. The summed E-state index contributed by atoms with van der Waals surface area (Å²) in [6, 6.07) is 5.89. The van der Waals surface area contributed by atoms with E-state index < -0.39 is 0 Å². The number of amidine groups is 1. The van der Waals surface area contributed by atoms with E-state index in [0.29, 0.717) is 11.5 Å². The largest absolute Gasteiger partial charge is 0.409 e. The summed E-state index contributed by atoms with van der Waals surface area (Å²) in [5, 5.41) is 11.8. The molecule has 0 saturated carbocycles. The van der Waals surface area contributed by atoms with Crippen LogP contribution in [0.3, 0.4) is 0 Å². The van der Waals surface area contributed by atoms with Crippen LogP contribution >= 0.6 is 15.9 Å². The molecule has 1 aliphatic rings. The van der Waals surface area contributed by atoms with Crippen molar-refractivity contribution in [3.63, 3.8) is 0 Å². The van der Waals surface area contributed by atoms with Gasteiger partial charge >= 0.3 is 0 Å². The Morgan fingerprint density at radius 2 is 2.40 bits per heavy atom. The van der Waals surface area contributed by atoms with Crippen LogP contribution in [0.1, 0.15) is 18.4 Å². The number of hydrogen-bond donors (Lipinski definition) is 2. The van der Waals surface area contributed by atoms with Gasteiger partial charge in [0.2, 0.25) is 0 Å². The number of ether oxygens (including phenoxy) is 1. The predicted molar refractivity (Wildman–Crippen MR) is 83.5 cm³/mol. The average Bonchev–Trinajstić information content (AvgIpc) is 2.47. The minimum absolute atomic E-state index is 0.110. The van der Waals surface area contributed by atoms with E-state index in [1.165, 1.54) is 12.8 Å². The van der Waals surface area contributed by atoms with Gasteiger partial charge in [-0.3, -0.25) is 0 Å². The van der Waals surface area contributed by atoms with E-state index in [9.17, 15) is 0 Å². The van der Waals surface area contributed by atoms with Crippen LogP contribution in [0, 0.1) is 5.92 Å². The molecular formula is C14H20BrN3O2. The second-order valence-corrected chi connectivity index (χ2v) is 5.91. The maximum atomic E-state index is 8.74. The minimum atomic E-state index is 0.110. The zero-order chi connectivity index (χ0) is 14.5. The van der Waals surface area contributed by atoms with E-state index in [-0.39, 0.29) is 5.84 Å². The predicted octanol–water partition coefficient (Wildman–Crippen LogP) is 2.41. The molecule has 0 radical (unpaired) electrons. The highest BCUT2D eigenvalue weighted by Gasteiger charge is 2.20. The minimum Gasteiger partial charge on any atom is -0.409 e. The summed E-state index contributed by atoms with van der Waals surface area (Å²) < 4.78 is 6.09. The second-order valence-electron chi connectivity index (χ2n) is 5.06. The molecule has 1 heterocycles. The summed E-state index contributed by atoms with van der Waals surface area (Å²) in [6.07, 6.45) is 2.39. The highest BCUT2D eigenvalue weighted by atomic mass is 79.9. The Kier molecular flexibility index (Phi) is 5.25. The van der Waals surface area contributed by atoms with Gasteiger partial charge in [0.05, 0.1) is 6.61 Å². The van der Waals surface area contributed by atoms with Crippen LogP contribution in [-0.4, -0.2) is 37.8 Å². The molecule has 1 atom stereocenters. The van der Waals surface area contributed by atoms with Crippen LogP contribution in [0.25, 0.3) is 0 Å². The summed E-state index contributed by atoms with van der Waals surface area (Å²) in [5.74, 6) is 0.690. The first-order valence-electron chi connectivity index (χ1n) is 6.67. The molecule has 20 heavy (non-hydrogen) atoms. The Balaban J connectivity index is 2.15. The summed E-state index contributed by atoms with van der Waals surface area (Å²) in [7, 11) is 1.75. The summed E-state index contributed by atoms with van der Waals surface area (Å²) >= 11 is 3.48. The van der Waals surface area contributed by atoms with Crippen molar-refractivity contribution in [3.05, 3.63) is 28.2 Å². The quantitative estimate of drug-likeness (QED) is 0.382. The Morgan fingerprint density at radius 3 is 3.05 bits per heavy atom. The van der Waals surface area contributed by atoms with E-state index in [2.05, 4.69) is 26.0 Å². The molecule has 1 unspecified atom stereocenters. The van der Waals surface area contributed by atoms with Gasteiger partial charge < -0.3 is 20.6 Å². The number of nitrogens with zero attached hydrogens (tertiary/aromatic N) is 2. The summed E-state index contributed by atoms with van der Waals surface area (Å²) in [4.78, 5) is 2.36. The van der Waals surface area contributed by atoms with Crippen LogP contribution in [0.2, 0.25) is 0 Å². The standard InChI is InChI=1S/C14H20BrN3O2/c1-20-9-10-3-2-6-18(8-10)11-4-5-12(13(15)7-11)14(16)17-19/h4-5,7,10,19H,2-3,6,8-9H2,1H3,(H2,16,17). The summed E-state index contributed by atoms with van der Waals surface area (Å²) in [6.45, 7) is 2.86. The summed E-state index contributed by atoms with van der Waals surface area (Å²) in [5.41, 5.74) is 7.47. The maximum absolute atomic E-state index is 8.74. The Bertz CT molecular complexity index is 491. The van der Waals surface area contributed by atoms with Crippen molar-refractivity contribution in [1.29, 1.82) is 0 Å². The number of benzene rings is 1. The first-order valence-corrected chi connectivity index (χ1v) is 7.46. The van der Waals surface area contributed by atoms with E-state index in [4.69, 9.17) is 15.7 Å². The molecule has 1 aromatic rings. The smallest absolute Gasteiger partial charge is 0.171 e. The van der Waals surface area contributed by atoms with Gasteiger partial charge in [-0.25, -0.2) is 0 Å². The lowest BCUT2D eigenvalue weighted by molar-refractivity contribution is 0.143. The van der Waals surface area contributed by atoms with Crippen molar-refractivity contribution in [3.8, 4) is 0 Å². The topological polar surface area (TPSA) is 71.1 Å². The van der Waals surface area contributed by atoms with E-state index in [1.807, 2.05) is 18.2 Å². The van der Waals surface area contributed by atoms with Gasteiger partial charge in [0, 0.05) is 35.9 Å².